The number of benzene rings is 1. The normalized spacial score (nSPS) is 11.8. The standard InChI is InChI=1S/C19H13F3N4O2S/c1-10-15-12(17(27)26(2)18-23-7-8-29-18)9-14(24-16(15)28-25-10)11-5-3-4-6-13(11)19(20,21)22/h3-9H,1-2H3. The number of rotatable bonds is 3. The summed E-state index contributed by atoms with van der Waals surface area (Å²) >= 11 is 1.26. The second kappa shape index (κ2) is 6.96. The molecular weight excluding hydrogens is 405 g/mol. The van der Waals surface area contributed by atoms with Crippen LogP contribution in [0.4, 0.5) is 18.3 Å². The molecule has 148 valence electrons. The topological polar surface area (TPSA) is 72.1 Å². The lowest BCUT2D eigenvalue weighted by atomic mass is 10.0. The molecular formula is C19H13F3N4O2S. The van der Waals surface area contributed by atoms with Crippen LogP contribution in [0.1, 0.15) is 21.6 Å². The Bertz CT molecular complexity index is 1200. The molecule has 1 aromatic carbocycles. The van der Waals surface area contributed by atoms with Gasteiger partial charge < -0.3 is 4.52 Å². The average molecular weight is 418 g/mol. The molecule has 0 bridgehead atoms. The first-order valence-electron chi connectivity index (χ1n) is 8.38. The Morgan fingerprint density at radius 2 is 2.00 bits per heavy atom. The van der Waals surface area contributed by atoms with Gasteiger partial charge in [-0.05, 0) is 19.1 Å². The number of amides is 1. The van der Waals surface area contributed by atoms with Gasteiger partial charge in [0.05, 0.1) is 27.9 Å². The van der Waals surface area contributed by atoms with E-state index in [4.69, 9.17) is 4.52 Å². The van der Waals surface area contributed by atoms with Crippen molar-refractivity contribution in [1.82, 2.24) is 15.1 Å². The van der Waals surface area contributed by atoms with E-state index in [1.165, 1.54) is 40.5 Å². The van der Waals surface area contributed by atoms with Crippen LogP contribution in [0.2, 0.25) is 0 Å². The first kappa shape index (κ1) is 19.1. The number of fused-ring (bicyclic) bond motifs is 1. The molecule has 0 aliphatic rings. The second-order valence-corrected chi connectivity index (χ2v) is 7.10. The molecule has 0 saturated carbocycles. The van der Waals surface area contributed by atoms with E-state index >= 15 is 0 Å². The van der Waals surface area contributed by atoms with Crippen molar-refractivity contribution >= 4 is 33.5 Å². The Labute approximate surface area is 166 Å². The van der Waals surface area contributed by atoms with Crippen molar-refractivity contribution < 1.29 is 22.5 Å². The van der Waals surface area contributed by atoms with Crippen molar-refractivity contribution in [2.45, 2.75) is 13.1 Å². The summed E-state index contributed by atoms with van der Waals surface area (Å²) in [4.78, 5) is 22.8. The first-order chi connectivity index (χ1) is 13.8. The average Bonchev–Trinajstić information content (AvgIpc) is 3.36. The molecule has 0 atom stereocenters. The fraction of sp³-hybridized carbons (Fsp3) is 0.158. The van der Waals surface area contributed by atoms with Gasteiger partial charge in [0, 0.05) is 24.2 Å². The number of hydrogen-bond donors (Lipinski definition) is 0. The summed E-state index contributed by atoms with van der Waals surface area (Å²) in [5, 5.41) is 6.35. The number of hydrogen-bond acceptors (Lipinski definition) is 6. The molecule has 6 nitrogen and oxygen atoms in total. The monoisotopic (exact) mass is 418 g/mol. The maximum atomic E-state index is 13.5. The van der Waals surface area contributed by atoms with Gasteiger partial charge in [-0.1, -0.05) is 23.4 Å². The highest BCUT2D eigenvalue weighted by Crippen LogP contribution is 2.38. The summed E-state index contributed by atoms with van der Waals surface area (Å²) in [7, 11) is 1.54. The van der Waals surface area contributed by atoms with Crippen LogP contribution >= 0.6 is 11.3 Å². The van der Waals surface area contributed by atoms with Gasteiger partial charge in [-0.2, -0.15) is 13.2 Å². The number of carbonyl (C=O) groups is 1. The lowest BCUT2D eigenvalue weighted by Gasteiger charge is -2.16. The van der Waals surface area contributed by atoms with Crippen LogP contribution in [-0.4, -0.2) is 28.1 Å². The first-order valence-corrected chi connectivity index (χ1v) is 9.26. The van der Waals surface area contributed by atoms with Crippen molar-refractivity contribution in [3.05, 3.63) is 58.7 Å². The molecule has 0 unspecified atom stereocenters. The minimum absolute atomic E-state index is 0.00661. The predicted molar refractivity (Wildman–Crippen MR) is 102 cm³/mol. The van der Waals surface area contributed by atoms with Crippen molar-refractivity contribution in [3.63, 3.8) is 0 Å². The number of thiazole rings is 1. The molecule has 0 aliphatic heterocycles. The predicted octanol–water partition coefficient (Wildman–Crippen LogP) is 4.95. The van der Waals surface area contributed by atoms with E-state index in [9.17, 15) is 18.0 Å². The molecule has 0 radical (unpaired) electrons. The summed E-state index contributed by atoms with van der Waals surface area (Å²) in [5.74, 6) is -0.454. The summed E-state index contributed by atoms with van der Waals surface area (Å²) in [5.41, 5.74) is -0.487. The number of pyridine rings is 1. The largest absolute Gasteiger partial charge is 0.417 e. The van der Waals surface area contributed by atoms with Crippen molar-refractivity contribution in [3.8, 4) is 11.3 Å². The van der Waals surface area contributed by atoms with E-state index in [-0.39, 0.29) is 22.5 Å². The van der Waals surface area contributed by atoms with Gasteiger partial charge in [-0.25, -0.2) is 9.97 Å². The maximum absolute atomic E-state index is 13.5. The molecule has 4 aromatic rings. The quantitative estimate of drug-likeness (QED) is 0.471. The molecule has 1 amide bonds. The highest BCUT2D eigenvalue weighted by molar-refractivity contribution is 7.13. The summed E-state index contributed by atoms with van der Waals surface area (Å²) in [6.45, 7) is 1.64. The van der Waals surface area contributed by atoms with E-state index in [2.05, 4.69) is 15.1 Å². The number of nitrogens with zero attached hydrogens (tertiary/aromatic N) is 4. The molecule has 0 spiro atoms. The van der Waals surface area contributed by atoms with Gasteiger partial charge in [0.15, 0.2) is 5.13 Å². The van der Waals surface area contributed by atoms with Crippen LogP contribution in [0.3, 0.4) is 0 Å². The Hall–Kier alpha value is -3.27. The smallest absolute Gasteiger partial charge is 0.335 e. The molecule has 0 saturated heterocycles. The van der Waals surface area contributed by atoms with Crippen LogP contribution in [-0.2, 0) is 6.18 Å². The molecule has 4 rings (SSSR count). The maximum Gasteiger partial charge on any atom is 0.417 e. The third kappa shape index (κ3) is 3.35. The van der Waals surface area contributed by atoms with Crippen molar-refractivity contribution in [2.75, 3.05) is 11.9 Å². The molecule has 3 heterocycles. The summed E-state index contributed by atoms with van der Waals surface area (Å²) in [6.07, 6.45) is -3.02. The number of aryl methyl sites for hydroxylation is 1. The van der Waals surface area contributed by atoms with E-state index in [1.54, 1.807) is 25.5 Å². The van der Waals surface area contributed by atoms with Crippen LogP contribution < -0.4 is 4.90 Å². The fourth-order valence-corrected chi connectivity index (χ4v) is 3.61. The minimum Gasteiger partial charge on any atom is -0.335 e. The zero-order valence-corrected chi connectivity index (χ0v) is 16.0. The number of aromatic nitrogens is 3. The Balaban J connectivity index is 1.93. The van der Waals surface area contributed by atoms with E-state index in [1.807, 2.05) is 0 Å². The highest BCUT2D eigenvalue weighted by Gasteiger charge is 2.34. The van der Waals surface area contributed by atoms with Gasteiger partial charge in [0.25, 0.3) is 11.6 Å². The van der Waals surface area contributed by atoms with Crippen molar-refractivity contribution in [2.24, 2.45) is 0 Å². The third-order valence-electron chi connectivity index (χ3n) is 4.37. The zero-order valence-electron chi connectivity index (χ0n) is 15.2. The Morgan fingerprint density at radius 1 is 1.24 bits per heavy atom. The number of carbonyl (C=O) groups excluding carboxylic acids is 1. The lowest BCUT2D eigenvalue weighted by Crippen LogP contribution is -2.26. The Kier molecular flexibility index (Phi) is 4.58. The minimum atomic E-state index is -4.58. The highest BCUT2D eigenvalue weighted by atomic mass is 32.1. The second-order valence-electron chi connectivity index (χ2n) is 6.23. The van der Waals surface area contributed by atoms with Gasteiger partial charge in [0.1, 0.15) is 0 Å². The number of anilines is 1. The van der Waals surface area contributed by atoms with E-state index < -0.39 is 17.6 Å². The molecule has 0 fully saturated rings. The number of alkyl halides is 3. The van der Waals surface area contributed by atoms with Crippen LogP contribution in [0, 0.1) is 6.92 Å². The van der Waals surface area contributed by atoms with Gasteiger partial charge in [-0.3, -0.25) is 9.69 Å². The van der Waals surface area contributed by atoms with Crippen LogP contribution in [0.15, 0.2) is 46.4 Å². The van der Waals surface area contributed by atoms with Crippen LogP contribution in [0.25, 0.3) is 22.4 Å². The molecule has 3 aromatic heterocycles. The molecule has 29 heavy (non-hydrogen) atoms. The summed E-state index contributed by atoms with van der Waals surface area (Å²) < 4.78 is 45.6. The van der Waals surface area contributed by atoms with Gasteiger partial charge >= 0.3 is 6.18 Å². The van der Waals surface area contributed by atoms with Gasteiger partial charge in [-0.15, -0.1) is 11.3 Å². The lowest BCUT2D eigenvalue weighted by molar-refractivity contribution is -0.137. The zero-order chi connectivity index (χ0) is 20.8. The summed E-state index contributed by atoms with van der Waals surface area (Å²) in [6, 6.07) is 6.38. The van der Waals surface area contributed by atoms with Gasteiger partial charge in [0.2, 0.25) is 0 Å². The van der Waals surface area contributed by atoms with E-state index in [0.717, 1.165) is 6.07 Å². The van der Waals surface area contributed by atoms with Crippen LogP contribution in [0.5, 0.6) is 0 Å². The van der Waals surface area contributed by atoms with E-state index in [0.29, 0.717) is 16.2 Å². The van der Waals surface area contributed by atoms with Crippen molar-refractivity contribution in [1.29, 1.82) is 0 Å². The Morgan fingerprint density at radius 3 is 2.69 bits per heavy atom. The fourth-order valence-electron chi connectivity index (χ4n) is 3.00. The SMILES string of the molecule is Cc1noc2nc(-c3ccccc3C(F)(F)F)cc(C(=O)N(C)c3nccs3)c12. The molecule has 0 aliphatic carbocycles. The molecule has 10 heteroatoms. The number of halogens is 3. The molecule has 0 N–H and O–H groups in total. The third-order valence-corrected chi connectivity index (χ3v) is 5.21.